The summed E-state index contributed by atoms with van der Waals surface area (Å²) in [5, 5.41) is 2.82. The van der Waals surface area contributed by atoms with Crippen LogP contribution in [-0.4, -0.2) is 23.5 Å². The summed E-state index contributed by atoms with van der Waals surface area (Å²) in [7, 11) is 0. The lowest BCUT2D eigenvalue weighted by molar-refractivity contribution is -0.123. The molecule has 0 aliphatic carbocycles. The van der Waals surface area contributed by atoms with Crippen LogP contribution in [0.25, 0.3) is 0 Å². The van der Waals surface area contributed by atoms with Gasteiger partial charge in [0.15, 0.2) is 11.7 Å². The molecule has 0 saturated heterocycles. The quantitative estimate of drug-likeness (QED) is 0.437. The molecule has 0 aromatic heterocycles. The van der Waals surface area contributed by atoms with Crippen LogP contribution in [0.3, 0.4) is 0 Å². The van der Waals surface area contributed by atoms with Gasteiger partial charge in [-0.3, -0.25) is 25.8 Å². The monoisotopic (exact) mass is 497 g/mol. The predicted octanol–water partition coefficient (Wildman–Crippen LogP) is 4.11. The van der Waals surface area contributed by atoms with E-state index in [2.05, 4.69) is 52.9 Å². The molecule has 0 radical (unpaired) electrons. The number of hydrogen-bond donors (Lipinski definition) is 3. The summed E-state index contributed by atoms with van der Waals surface area (Å²) in [6.07, 6.45) is 0. The van der Waals surface area contributed by atoms with Gasteiger partial charge in [-0.25, -0.2) is 0 Å². The number of halogens is 2. The molecule has 2 aromatic carbocycles. The third-order valence-corrected chi connectivity index (χ3v) is 4.84. The lowest BCUT2D eigenvalue weighted by Crippen LogP contribution is -2.49. The molecule has 0 saturated carbocycles. The van der Waals surface area contributed by atoms with Gasteiger partial charge in [0, 0.05) is 10.6 Å². The first kappa shape index (κ1) is 23.1. The number of amides is 2. The molecule has 9 heteroatoms. The van der Waals surface area contributed by atoms with Crippen LogP contribution in [0, 0.1) is 0 Å². The van der Waals surface area contributed by atoms with Crippen LogP contribution in [0.2, 0.25) is 5.02 Å². The molecular formula is C20H21BrClN3O3S. The third-order valence-electron chi connectivity index (χ3n) is 3.79. The van der Waals surface area contributed by atoms with E-state index in [1.807, 2.05) is 12.1 Å². The Kier molecular flexibility index (Phi) is 8.01. The molecule has 3 N–H and O–H groups in total. The summed E-state index contributed by atoms with van der Waals surface area (Å²) in [5.74, 6) is -0.362. The van der Waals surface area contributed by atoms with E-state index in [-0.39, 0.29) is 17.1 Å². The summed E-state index contributed by atoms with van der Waals surface area (Å²) in [6, 6.07) is 12.1. The second kappa shape index (κ2) is 10.0. The number of ether oxygens (including phenoxy) is 1. The molecule has 29 heavy (non-hydrogen) atoms. The van der Waals surface area contributed by atoms with E-state index >= 15 is 0 Å². The largest absolute Gasteiger partial charge is 0.483 e. The van der Waals surface area contributed by atoms with Gasteiger partial charge in [0.05, 0.1) is 4.47 Å². The maximum atomic E-state index is 12.1. The zero-order chi connectivity index (χ0) is 21.6. The van der Waals surface area contributed by atoms with Crippen LogP contribution in [0.1, 0.15) is 36.7 Å². The van der Waals surface area contributed by atoms with Crippen molar-refractivity contribution in [2.24, 2.45) is 0 Å². The van der Waals surface area contributed by atoms with Gasteiger partial charge in [-0.15, -0.1) is 0 Å². The summed E-state index contributed by atoms with van der Waals surface area (Å²) < 4.78 is 6.28. The van der Waals surface area contributed by atoms with E-state index in [0.29, 0.717) is 16.3 Å². The maximum Gasteiger partial charge on any atom is 0.276 e. The standard InChI is InChI=1S/C20H21BrClN3O3S/c1-20(2,3)13-7-8-16(15(21)10-13)28-11-17(26)24-25-19(29)23-18(27)12-5-4-6-14(22)9-12/h4-10H,11H2,1-3H3,(H,24,26)(H2,23,25,27,29). The molecule has 6 nitrogen and oxygen atoms in total. The predicted molar refractivity (Wildman–Crippen MR) is 121 cm³/mol. The summed E-state index contributed by atoms with van der Waals surface area (Å²) in [5.41, 5.74) is 6.31. The number of hydrogen-bond acceptors (Lipinski definition) is 4. The number of carbonyl (C=O) groups excluding carboxylic acids is 2. The number of rotatable bonds is 4. The molecule has 0 aliphatic rings. The highest BCUT2D eigenvalue weighted by molar-refractivity contribution is 9.10. The molecule has 0 fully saturated rings. The minimum absolute atomic E-state index is 0.00750. The smallest absolute Gasteiger partial charge is 0.276 e. The van der Waals surface area contributed by atoms with Crippen molar-refractivity contribution in [1.82, 2.24) is 16.2 Å². The molecule has 0 unspecified atom stereocenters. The Hall–Kier alpha value is -2.16. The van der Waals surface area contributed by atoms with Crippen LogP contribution in [0.15, 0.2) is 46.9 Å². The SMILES string of the molecule is CC(C)(C)c1ccc(OCC(=O)NNC(=S)NC(=O)c2cccc(Cl)c2)c(Br)c1. The van der Waals surface area contributed by atoms with E-state index in [4.69, 9.17) is 28.6 Å². The first-order valence-corrected chi connectivity index (χ1v) is 10.2. The maximum absolute atomic E-state index is 12.1. The van der Waals surface area contributed by atoms with Crippen LogP contribution in [0.5, 0.6) is 5.75 Å². The van der Waals surface area contributed by atoms with Gasteiger partial charge >= 0.3 is 0 Å². The number of thiocarbonyl (C=S) groups is 1. The van der Waals surface area contributed by atoms with Gasteiger partial charge in [-0.1, -0.05) is 44.5 Å². The number of hydrazine groups is 1. The Morgan fingerprint density at radius 2 is 1.86 bits per heavy atom. The van der Waals surface area contributed by atoms with Crippen molar-refractivity contribution in [3.63, 3.8) is 0 Å². The second-order valence-electron chi connectivity index (χ2n) is 7.15. The Morgan fingerprint density at radius 3 is 2.48 bits per heavy atom. The van der Waals surface area contributed by atoms with E-state index < -0.39 is 11.8 Å². The second-order valence-corrected chi connectivity index (χ2v) is 8.85. The van der Waals surface area contributed by atoms with Gasteiger partial charge in [-0.05, 0) is 69.5 Å². The van der Waals surface area contributed by atoms with Crippen molar-refractivity contribution in [2.75, 3.05) is 6.61 Å². The summed E-state index contributed by atoms with van der Waals surface area (Å²) in [6.45, 7) is 6.11. The number of nitrogens with one attached hydrogen (secondary N) is 3. The highest BCUT2D eigenvalue weighted by Crippen LogP contribution is 2.31. The molecular weight excluding hydrogens is 478 g/mol. The van der Waals surface area contributed by atoms with Crippen LogP contribution < -0.4 is 20.9 Å². The van der Waals surface area contributed by atoms with Gasteiger partial charge < -0.3 is 4.74 Å². The highest BCUT2D eigenvalue weighted by Gasteiger charge is 2.16. The van der Waals surface area contributed by atoms with Crippen LogP contribution in [-0.2, 0) is 10.2 Å². The van der Waals surface area contributed by atoms with Crippen molar-refractivity contribution >= 4 is 56.7 Å². The molecule has 2 rings (SSSR count). The van der Waals surface area contributed by atoms with E-state index in [9.17, 15) is 9.59 Å². The summed E-state index contributed by atoms with van der Waals surface area (Å²) in [4.78, 5) is 24.0. The molecule has 154 valence electrons. The van der Waals surface area contributed by atoms with Gasteiger partial charge in [0.25, 0.3) is 11.8 Å². The van der Waals surface area contributed by atoms with Crippen molar-refractivity contribution in [3.05, 3.63) is 63.1 Å². The van der Waals surface area contributed by atoms with Crippen molar-refractivity contribution < 1.29 is 14.3 Å². The zero-order valence-electron chi connectivity index (χ0n) is 16.1. The van der Waals surface area contributed by atoms with Crippen LogP contribution >= 0.6 is 39.7 Å². The first-order chi connectivity index (χ1) is 13.6. The Bertz CT molecular complexity index is 931. The molecule has 0 atom stereocenters. The average Bonchev–Trinajstić information content (AvgIpc) is 2.64. The number of carbonyl (C=O) groups is 2. The fraction of sp³-hybridized carbons (Fsp3) is 0.250. The van der Waals surface area contributed by atoms with E-state index in [1.165, 1.54) is 6.07 Å². The molecule has 2 amide bonds. The van der Waals surface area contributed by atoms with Gasteiger partial charge in [0.2, 0.25) is 0 Å². The first-order valence-electron chi connectivity index (χ1n) is 8.65. The molecule has 0 heterocycles. The topological polar surface area (TPSA) is 79.5 Å². The van der Waals surface area contributed by atoms with Crippen LogP contribution in [0.4, 0.5) is 0 Å². The molecule has 0 spiro atoms. The lowest BCUT2D eigenvalue weighted by Gasteiger charge is -2.20. The van der Waals surface area contributed by atoms with Crippen molar-refractivity contribution in [2.45, 2.75) is 26.2 Å². The number of benzene rings is 2. The molecule has 0 bridgehead atoms. The third kappa shape index (κ3) is 7.30. The van der Waals surface area contributed by atoms with E-state index in [0.717, 1.165) is 10.0 Å². The fourth-order valence-corrected chi connectivity index (χ4v) is 3.05. The molecule has 2 aromatic rings. The van der Waals surface area contributed by atoms with Gasteiger partial charge in [-0.2, -0.15) is 0 Å². The lowest BCUT2D eigenvalue weighted by atomic mass is 9.87. The highest BCUT2D eigenvalue weighted by atomic mass is 79.9. The minimum Gasteiger partial charge on any atom is -0.483 e. The fourth-order valence-electron chi connectivity index (χ4n) is 2.23. The molecule has 0 aliphatic heterocycles. The summed E-state index contributed by atoms with van der Waals surface area (Å²) >= 11 is 14.3. The van der Waals surface area contributed by atoms with E-state index in [1.54, 1.807) is 24.3 Å². The zero-order valence-corrected chi connectivity index (χ0v) is 19.3. The minimum atomic E-state index is -0.462. The normalized spacial score (nSPS) is 10.8. The Morgan fingerprint density at radius 1 is 1.14 bits per heavy atom. The average molecular weight is 499 g/mol. The Balaban J connectivity index is 1.79. The van der Waals surface area contributed by atoms with Gasteiger partial charge in [0.1, 0.15) is 5.75 Å². The Labute approximate surface area is 188 Å². The van der Waals surface area contributed by atoms with Crippen molar-refractivity contribution in [1.29, 1.82) is 0 Å². The van der Waals surface area contributed by atoms with Crippen molar-refractivity contribution in [3.8, 4) is 5.75 Å².